The first-order valence-electron chi connectivity index (χ1n) is 8.18. The summed E-state index contributed by atoms with van der Waals surface area (Å²) in [5, 5.41) is 0. The van der Waals surface area contributed by atoms with Crippen LogP contribution in [0.15, 0.2) is 42.5 Å². The van der Waals surface area contributed by atoms with Gasteiger partial charge in [0, 0.05) is 0 Å². The zero-order chi connectivity index (χ0) is 16.7. The first-order chi connectivity index (χ1) is 11.2. The third-order valence-electron chi connectivity index (χ3n) is 4.38. The van der Waals surface area contributed by atoms with Crippen molar-refractivity contribution in [2.45, 2.75) is 32.6 Å². The molecule has 0 saturated heterocycles. The molecule has 2 N–H and O–H groups in total. The van der Waals surface area contributed by atoms with Gasteiger partial charge >= 0.3 is 0 Å². The summed E-state index contributed by atoms with van der Waals surface area (Å²) >= 11 is 0. The van der Waals surface area contributed by atoms with Gasteiger partial charge in [-0.2, -0.15) is 0 Å². The Kier molecular flexibility index (Phi) is 6.48. The second kappa shape index (κ2) is 8.59. The van der Waals surface area contributed by atoms with Crippen LogP contribution in [0.4, 0.5) is 0 Å². The number of rotatable bonds is 8. The van der Waals surface area contributed by atoms with Gasteiger partial charge in [-0.1, -0.05) is 24.3 Å². The summed E-state index contributed by atoms with van der Waals surface area (Å²) in [6.07, 6.45) is 2.01. The quantitative estimate of drug-likeness (QED) is 0.742. The highest BCUT2D eigenvalue weighted by molar-refractivity contribution is 5.38. The van der Waals surface area contributed by atoms with Crippen molar-refractivity contribution in [1.82, 2.24) is 0 Å². The van der Waals surface area contributed by atoms with Crippen LogP contribution >= 0.6 is 0 Å². The summed E-state index contributed by atoms with van der Waals surface area (Å²) in [4.78, 5) is 0. The Balaban J connectivity index is 1.84. The standard InChI is InChI=1S/C20H27NO2/c1-15-6-4-8-20(16(15)2)23-13-5-7-18(14-21)17-9-11-19(22-3)12-10-17/h4,6,8-12,18H,5,7,13-14,21H2,1-3H3. The highest BCUT2D eigenvalue weighted by Crippen LogP contribution is 2.24. The third-order valence-corrected chi connectivity index (χ3v) is 4.38. The number of aryl methyl sites for hydroxylation is 1. The van der Waals surface area contributed by atoms with E-state index in [4.69, 9.17) is 15.2 Å². The second-order valence-corrected chi connectivity index (χ2v) is 5.89. The molecular weight excluding hydrogens is 286 g/mol. The Labute approximate surface area is 139 Å². The van der Waals surface area contributed by atoms with Gasteiger partial charge in [-0.3, -0.25) is 0 Å². The van der Waals surface area contributed by atoms with Gasteiger partial charge < -0.3 is 15.2 Å². The van der Waals surface area contributed by atoms with Crippen LogP contribution in [-0.2, 0) is 0 Å². The average Bonchev–Trinajstić information content (AvgIpc) is 2.59. The van der Waals surface area contributed by atoms with Gasteiger partial charge in [-0.05, 0) is 74.0 Å². The maximum atomic E-state index is 5.94. The molecule has 0 aliphatic rings. The van der Waals surface area contributed by atoms with Crippen molar-refractivity contribution in [3.63, 3.8) is 0 Å². The summed E-state index contributed by atoms with van der Waals surface area (Å²) in [6.45, 7) is 5.58. The molecular formula is C20H27NO2. The van der Waals surface area contributed by atoms with Gasteiger partial charge in [0.25, 0.3) is 0 Å². The van der Waals surface area contributed by atoms with Crippen molar-refractivity contribution in [3.8, 4) is 11.5 Å². The van der Waals surface area contributed by atoms with Gasteiger partial charge in [0.15, 0.2) is 0 Å². The Hall–Kier alpha value is -2.00. The fraction of sp³-hybridized carbons (Fsp3) is 0.400. The van der Waals surface area contributed by atoms with Crippen LogP contribution in [0.3, 0.4) is 0 Å². The monoisotopic (exact) mass is 313 g/mol. The maximum Gasteiger partial charge on any atom is 0.122 e. The maximum absolute atomic E-state index is 5.94. The smallest absolute Gasteiger partial charge is 0.122 e. The molecule has 0 heterocycles. The highest BCUT2D eigenvalue weighted by Gasteiger charge is 2.10. The number of hydrogen-bond acceptors (Lipinski definition) is 3. The summed E-state index contributed by atoms with van der Waals surface area (Å²) in [5.41, 5.74) is 9.69. The van der Waals surface area contributed by atoms with Crippen molar-refractivity contribution in [3.05, 3.63) is 59.2 Å². The Bertz CT molecular complexity index is 608. The Morgan fingerprint density at radius 2 is 1.78 bits per heavy atom. The lowest BCUT2D eigenvalue weighted by atomic mass is 9.94. The van der Waals surface area contributed by atoms with Gasteiger partial charge in [0.2, 0.25) is 0 Å². The van der Waals surface area contributed by atoms with E-state index in [0.717, 1.165) is 30.9 Å². The molecule has 3 heteroatoms. The van der Waals surface area contributed by atoms with E-state index in [1.54, 1.807) is 7.11 Å². The van der Waals surface area contributed by atoms with Gasteiger partial charge in [0.05, 0.1) is 13.7 Å². The van der Waals surface area contributed by atoms with Crippen LogP contribution in [0, 0.1) is 13.8 Å². The van der Waals surface area contributed by atoms with Crippen LogP contribution in [0.2, 0.25) is 0 Å². The Morgan fingerprint density at radius 1 is 1.04 bits per heavy atom. The Morgan fingerprint density at radius 3 is 2.43 bits per heavy atom. The number of benzene rings is 2. The second-order valence-electron chi connectivity index (χ2n) is 5.89. The molecule has 2 aromatic rings. The predicted molar refractivity (Wildman–Crippen MR) is 95.4 cm³/mol. The summed E-state index contributed by atoms with van der Waals surface area (Å²) in [7, 11) is 1.68. The number of methoxy groups -OCH3 is 1. The van der Waals surface area contributed by atoms with E-state index in [1.807, 2.05) is 24.3 Å². The van der Waals surface area contributed by atoms with Crippen LogP contribution < -0.4 is 15.2 Å². The van der Waals surface area contributed by atoms with E-state index in [9.17, 15) is 0 Å². The molecule has 0 spiro atoms. The van der Waals surface area contributed by atoms with Crippen molar-refractivity contribution >= 4 is 0 Å². The molecule has 1 unspecified atom stereocenters. The van der Waals surface area contributed by atoms with Crippen molar-refractivity contribution in [2.75, 3.05) is 20.3 Å². The average molecular weight is 313 g/mol. The van der Waals surface area contributed by atoms with Gasteiger partial charge in [-0.15, -0.1) is 0 Å². The summed E-state index contributed by atoms with van der Waals surface area (Å²) in [5.74, 6) is 2.23. The number of nitrogens with two attached hydrogens (primary N) is 1. The number of hydrogen-bond donors (Lipinski definition) is 1. The summed E-state index contributed by atoms with van der Waals surface area (Å²) in [6, 6.07) is 14.4. The molecule has 0 saturated carbocycles. The molecule has 0 amide bonds. The molecule has 0 bridgehead atoms. The predicted octanol–water partition coefficient (Wildman–Crippen LogP) is 4.21. The van der Waals surface area contributed by atoms with E-state index in [2.05, 4.69) is 32.0 Å². The van der Waals surface area contributed by atoms with E-state index < -0.39 is 0 Å². The third kappa shape index (κ3) is 4.73. The molecule has 0 aliphatic carbocycles. The normalized spacial score (nSPS) is 12.0. The van der Waals surface area contributed by atoms with Crippen LogP contribution in [0.25, 0.3) is 0 Å². The molecule has 23 heavy (non-hydrogen) atoms. The largest absolute Gasteiger partial charge is 0.497 e. The first-order valence-corrected chi connectivity index (χ1v) is 8.18. The topological polar surface area (TPSA) is 44.5 Å². The molecule has 2 rings (SSSR count). The van der Waals surface area contributed by atoms with Crippen molar-refractivity contribution in [1.29, 1.82) is 0 Å². The van der Waals surface area contributed by atoms with E-state index >= 15 is 0 Å². The van der Waals surface area contributed by atoms with Crippen LogP contribution in [0.5, 0.6) is 11.5 Å². The fourth-order valence-corrected chi connectivity index (χ4v) is 2.69. The minimum Gasteiger partial charge on any atom is -0.497 e. The van der Waals surface area contributed by atoms with Gasteiger partial charge in [-0.25, -0.2) is 0 Å². The molecule has 2 aromatic carbocycles. The fourth-order valence-electron chi connectivity index (χ4n) is 2.69. The molecule has 0 radical (unpaired) electrons. The lowest BCUT2D eigenvalue weighted by Crippen LogP contribution is -2.13. The van der Waals surface area contributed by atoms with E-state index in [1.165, 1.54) is 16.7 Å². The molecule has 1 atom stereocenters. The molecule has 0 aliphatic heterocycles. The lowest BCUT2D eigenvalue weighted by Gasteiger charge is -2.16. The van der Waals surface area contributed by atoms with Crippen molar-refractivity contribution in [2.24, 2.45) is 5.73 Å². The SMILES string of the molecule is COc1ccc(C(CN)CCCOc2cccc(C)c2C)cc1. The van der Waals surface area contributed by atoms with Gasteiger partial charge in [0.1, 0.15) is 11.5 Å². The molecule has 0 fully saturated rings. The van der Waals surface area contributed by atoms with Crippen molar-refractivity contribution < 1.29 is 9.47 Å². The van der Waals surface area contributed by atoms with E-state index in [-0.39, 0.29) is 0 Å². The first kappa shape index (κ1) is 17.4. The zero-order valence-corrected chi connectivity index (χ0v) is 14.3. The molecule has 0 aromatic heterocycles. The highest BCUT2D eigenvalue weighted by atomic mass is 16.5. The molecule has 3 nitrogen and oxygen atoms in total. The minimum absolute atomic E-state index is 0.364. The zero-order valence-electron chi connectivity index (χ0n) is 14.3. The number of ether oxygens (including phenoxy) is 2. The van der Waals surface area contributed by atoms with E-state index in [0.29, 0.717) is 12.5 Å². The van der Waals surface area contributed by atoms with Crippen LogP contribution in [0.1, 0.15) is 35.4 Å². The molecule has 124 valence electrons. The lowest BCUT2D eigenvalue weighted by molar-refractivity contribution is 0.299. The summed E-state index contributed by atoms with van der Waals surface area (Å²) < 4.78 is 11.1. The minimum atomic E-state index is 0.364. The van der Waals surface area contributed by atoms with Crippen LogP contribution in [-0.4, -0.2) is 20.3 Å².